The van der Waals surface area contributed by atoms with Crippen molar-refractivity contribution in [3.63, 3.8) is 0 Å². The van der Waals surface area contributed by atoms with Crippen molar-refractivity contribution in [2.75, 3.05) is 4.90 Å². The second-order valence-corrected chi connectivity index (χ2v) is 8.55. The van der Waals surface area contributed by atoms with Crippen LogP contribution in [-0.2, 0) is 11.0 Å². The molecule has 2 aromatic heterocycles. The predicted octanol–water partition coefficient (Wildman–Crippen LogP) is 5.92. The van der Waals surface area contributed by atoms with Crippen LogP contribution < -0.4 is 4.90 Å². The van der Waals surface area contributed by atoms with Crippen molar-refractivity contribution in [3.05, 3.63) is 85.4 Å². The van der Waals surface area contributed by atoms with Crippen molar-refractivity contribution in [1.82, 2.24) is 0 Å². The molecule has 1 atom stereocenters. The highest BCUT2D eigenvalue weighted by Crippen LogP contribution is 2.45. The molecule has 154 valence electrons. The van der Waals surface area contributed by atoms with E-state index in [1.807, 2.05) is 13.0 Å². The average Bonchev–Trinajstić information content (AvgIpc) is 3.42. The molecule has 0 spiro atoms. The fourth-order valence-electron chi connectivity index (χ4n) is 3.37. The number of carbonyl (C=O) groups is 2. The van der Waals surface area contributed by atoms with Gasteiger partial charge in [0.25, 0.3) is 5.91 Å². The Labute approximate surface area is 177 Å². The molecule has 1 N–H and O–H groups in total. The zero-order chi connectivity index (χ0) is 21.6. The van der Waals surface area contributed by atoms with E-state index in [0.717, 1.165) is 17.7 Å². The molecule has 3 aromatic rings. The number of ketones is 1. The van der Waals surface area contributed by atoms with E-state index in [0.29, 0.717) is 9.75 Å². The molecule has 1 aliphatic rings. The molecule has 9 heteroatoms. The maximum atomic E-state index is 13.1. The van der Waals surface area contributed by atoms with Crippen LogP contribution in [-0.4, -0.2) is 16.8 Å². The van der Waals surface area contributed by atoms with Crippen molar-refractivity contribution < 1.29 is 27.9 Å². The summed E-state index contributed by atoms with van der Waals surface area (Å²) in [7, 11) is 0. The number of aliphatic hydroxyl groups excluding tert-OH is 1. The summed E-state index contributed by atoms with van der Waals surface area (Å²) in [5.41, 5.74) is 0.0361. The third-order valence-corrected chi connectivity index (χ3v) is 6.76. The molecule has 0 saturated heterocycles. The average molecular weight is 449 g/mol. The van der Waals surface area contributed by atoms with E-state index >= 15 is 0 Å². The summed E-state index contributed by atoms with van der Waals surface area (Å²) in [6.07, 6.45) is -4.52. The van der Waals surface area contributed by atoms with E-state index in [9.17, 15) is 27.9 Å². The third kappa shape index (κ3) is 3.33. The maximum Gasteiger partial charge on any atom is 0.416 e. The number of benzene rings is 1. The Morgan fingerprint density at radius 2 is 1.77 bits per heavy atom. The molecule has 30 heavy (non-hydrogen) atoms. The van der Waals surface area contributed by atoms with Crippen LogP contribution in [0.4, 0.5) is 18.9 Å². The lowest BCUT2D eigenvalue weighted by Gasteiger charge is -2.26. The molecule has 1 unspecified atom stereocenters. The smallest absolute Gasteiger partial charge is 0.416 e. The van der Waals surface area contributed by atoms with Crippen molar-refractivity contribution in [1.29, 1.82) is 0 Å². The van der Waals surface area contributed by atoms with E-state index in [-0.39, 0.29) is 11.3 Å². The molecule has 0 saturated carbocycles. The molecule has 1 aromatic carbocycles. The summed E-state index contributed by atoms with van der Waals surface area (Å²) in [6.45, 7) is 1.81. The number of nitrogens with zero attached hydrogens (tertiary/aromatic N) is 1. The van der Waals surface area contributed by atoms with E-state index in [1.165, 1.54) is 39.7 Å². The number of aryl methyl sites for hydroxylation is 1. The molecular weight excluding hydrogens is 435 g/mol. The number of hydrogen-bond acceptors (Lipinski definition) is 5. The zero-order valence-corrected chi connectivity index (χ0v) is 17.1. The largest absolute Gasteiger partial charge is 0.503 e. The molecule has 0 aliphatic carbocycles. The van der Waals surface area contributed by atoms with E-state index in [4.69, 9.17) is 0 Å². The number of rotatable bonds is 4. The lowest BCUT2D eigenvalue weighted by atomic mass is 9.98. The van der Waals surface area contributed by atoms with Crippen LogP contribution in [0, 0.1) is 6.92 Å². The van der Waals surface area contributed by atoms with Gasteiger partial charge in [-0.15, -0.1) is 22.7 Å². The highest BCUT2D eigenvalue weighted by Gasteiger charge is 2.46. The molecule has 4 nitrogen and oxygen atoms in total. The first-order chi connectivity index (χ1) is 14.2. The maximum absolute atomic E-state index is 13.1. The quantitative estimate of drug-likeness (QED) is 0.503. The summed E-state index contributed by atoms with van der Waals surface area (Å²) < 4.78 is 38.8. The van der Waals surface area contributed by atoms with Crippen LogP contribution in [0.15, 0.2) is 64.6 Å². The number of thiophene rings is 2. The lowest BCUT2D eigenvalue weighted by molar-refractivity contribution is -0.137. The Kier molecular flexibility index (Phi) is 5.03. The predicted molar refractivity (Wildman–Crippen MR) is 109 cm³/mol. The Morgan fingerprint density at radius 3 is 2.30 bits per heavy atom. The van der Waals surface area contributed by atoms with Gasteiger partial charge in [0, 0.05) is 10.6 Å². The number of aliphatic hydroxyl groups is 1. The van der Waals surface area contributed by atoms with Gasteiger partial charge in [0.15, 0.2) is 5.76 Å². The zero-order valence-electron chi connectivity index (χ0n) is 15.4. The summed E-state index contributed by atoms with van der Waals surface area (Å²) in [4.78, 5) is 28.2. The fraction of sp³-hybridized carbons (Fsp3) is 0.143. The van der Waals surface area contributed by atoms with Crippen molar-refractivity contribution in [2.24, 2.45) is 0 Å². The Bertz CT molecular complexity index is 1150. The van der Waals surface area contributed by atoms with Crippen LogP contribution >= 0.6 is 22.7 Å². The number of hydrogen-bond donors (Lipinski definition) is 1. The minimum Gasteiger partial charge on any atom is -0.503 e. The molecular formula is C21H14F3NO3S2. The second-order valence-electron chi connectivity index (χ2n) is 6.66. The van der Waals surface area contributed by atoms with Gasteiger partial charge in [-0.05, 0) is 59.6 Å². The molecule has 0 bridgehead atoms. The van der Waals surface area contributed by atoms with Gasteiger partial charge in [0.05, 0.1) is 16.0 Å². The molecule has 1 aliphatic heterocycles. The number of halogens is 3. The van der Waals surface area contributed by atoms with Gasteiger partial charge >= 0.3 is 6.18 Å². The summed E-state index contributed by atoms with van der Waals surface area (Å²) in [5.74, 6) is -2.00. The topological polar surface area (TPSA) is 57.6 Å². The highest BCUT2D eigenvalue weighted by atomic mass is 32.1. The Hall–Kier alpha value is -2.91. The number of Topliss-reactive ketones (excluding diaryl/α,β-unsaturated/α-hetero) is 1. The summed E-state index contributed by atoms with van der Waals surface area (Å²) in [5, 5.41) is 14.1. The number of amides is 1. The number of alkyl halides is 3. The third-order valence-electron chi connectivity index (χ3n) is 4.82. The first kappa shape index (κ1) is 20.4. The first-order valence-electron chi connectivity index (χ1n) is 8.76. The second kappa shape index (κ2) is 7.41. The molecule has 0 radical (unpaired) electrons. The van der Waals surface area contributed by atoms with Gasteiger partial charge in [0.2, 0.25) is 5.78 Å². The Balaban J connectivity index is 1.84. The SMILES string of the molecule is Cc1ccsc1C1C(C(=O)c2cccs2)=C(O)C(=O)N1c1ccc(C(F)(F)F)cc1. The normalized spacial score (nSPS) is 17.1. The van der Waals surface area contributed by atoms with E-state index in [1.54, 1.807) is 22.9 Å². The standard InChI is InChI=1S/C21H14F3NO3S2/c1-11-8-10-30-19(11)16-15(17(26)14-3-2-9-29-14)18(27)20(28)25(16)13-6-4-12(5-7-13)21(22,23)24/h2-10,16,27H,1H3. The van der Waals surface area contributed by atoms with Crippen LogP contribution in [0.3, 0.4) is 0 Å². The summed E-state index contributed by atoms with van der Waals surface area (Å²) in [6, 6.07) is 8.25. The van der Waals surface area contributed by atoms with Gasteiger partial charge < -0.3 is 5.11 Å². The van der Waals surface area contributed by atoms with Gasteiger partial charge in [-0.25, -0.2) is 0 Å². The van der Waals surface area contributed by atoms with Crippen LogP contribution in [0.25, 0.3) is 0 Å². The minimum atomic E-state index is -4.52. The first-order valence-corrected chi connectivity index (χ1v) is 10.5. The fourth-order valence-corrected chi connectivity index (χ4v) is 5.07. The molecule has 3 heterocycles. The molecule has 4 rings (SSSR count). The van der Waals surface area contributed by atoms with Crippen LogP contribution in [0.2, 0.25) is 0 Å². The van der Waals surface area contributed by atoms with Gasteiger partial charge in [-0.3, -0.25) is 14.5 Å². The lowest BCUT2D eigenvalue weighted by Crippen LogP contribution is -2.31. The summed E-state index contributed by atoms with van der Waals surface area (Å²) >= 11 is 2.49. The van der Waals surface area contributed by atoms with Crippen molar-refractivity contribution >= 4 is 40.1 Å². The van der Waals surface area contributed by atoms with Gasteiger partial charge in [-0.1, -0.05) is 6.07 Å². The highest BCUT2D eigenvalue weighted by molar-refractivity contribution is 7.12. The van der Waals surface area contributed by atoms with Crippen LogP contribution in [0.5, 0.6) is 0 Å². The monoisotopic (exact) mass is 449 g/mol. The number of anilines is 1. The van der Waals surface area contributed by atoms with Crippen molar-refractivity contribution in [3.8, 4) is 0 Å². The molecule has 0 fully saturated rings. The van der Waals surface area contributed by atoms with Crippen LogP contribution in [0.1, 0.15) is 31.7 Å². The van der Waals surface area contributed by atoms with Crippen molar-refractivity contribution in [2.45, 2.75) is 19.1 Å². The van der Waals surface area contributed by atoms with Gasteiger partial charge in [0.1, 0.15) is 6.04 Å². The Morgan fingerprint density at radius 1 is 1.07 bits per heavy atom. The molecule has 1 amide bonds. The number of carbonyl (C=O) groups excluding carboxylic acids is 2. The van der Waals surface area contributed by atoms with Gasteiger partial charge in [-0.2, -0.15) is 13.2 Å². The minimum absolute atomic E-state index is 0.0760. The van der Waals surface area contributed by atoms with E-state index in [2.05, 4.69) is 0 Å². The van der Waals surface area contributed by atoms with E-state index < -0.39 is 35.2 Å².